The average Bonchev–Trinajstić information content (AvgIpc) is 2.85. The van der Waals surface area contributed by atoms with Gasteiger partial charge in [-0.05, 0) is 30.7 Å². The second kappa shape index (κ2) is 5.92. The molecule has 3 N–H and O–H groups in total. The van der Waals surface area contributed by atoms with Gasteiger partial charge in [-0.1, -0.05) is 0 Å². The maximum Gasteiger partial charge on any atom is 0.240 e. The third-order valence-electron chi connectivity index (χ3n) is 3.05. The topological polar surface area (TPSA) is 90.0 Å². The van der Waals surface area contributed by atoms with Crippen LogP contribution in [-0.2, 0) is 30.2 Å². The fourth-order valence-electron chi connectivity index (χ4n) is 1.92. The van der Waals surface area contributed by atoms with Crippen LogP contribution in [0.4, 0.5) is 4.39 Å². The fraction of sp³-hybridized carbons (Fsp3) is 0.308. The molecule has 1 aromatic heterocycles. The fourth-order valence-corrected chi connectivity index (χ4v) is 3.05. The van der Waals surface area contributed by atoms with Gasteiger partial charge in [-0.2, -0.15) is 5.10 Å². The molecular weight excluding hydrogens is 295 g/mol. The lowest BCUT2D eigenvalue weighted by molar-refractivity contribution is 0.576. The SMILES string of the molecule is Cc1cc(S(=O)(=O)NCc2ccn(C)n2)cc(CN)c1F. The standard InChI is InChI=1S/C13H17FN4O2S/c1-9-5-12(6-10(7-15)13(9)14)21(19,20)16-8-11-3-4-18(2)17-11/h3-6,16H,7-8,15H2,1-2H3. The molecule has 0 aliphatic heterocycles. The zero-order valence-electron chi connectivity index (χ0n) is 11.8. The summed E-state index contributed by atoms with van der Waals surface area (Å²) in [6.45, 7) is 1.51. The Morgan fingerprint density at radius 3 is 2.71 bits per heavy atom. The summed E-state index contributed by atoms with van der Waals surface area (Å²) in [7, 11) is -2.00. The number of hydrogen-bond acceptors (Lipinski definition) is 4. The normalized spacial score (nSPS) is 11.8. The van der Waals surface area contributed by atoms with Crippen LogP contribution in [0, 0.1) is 12.7 Å². The van der Waals surface area contributed by atoms with Gasteiger partial charge in [0, 0.05) is 25.4 Å². The van der Waals surface area contributed by atoms with Gasteiger partial charge in [-0.15, -0.1) is 0 Å². The minimum absolute atomic E-state index is 0.00205. The molecule has 0 amide bonds. The lowest BCUT2D eigenvalue weighted by Crippen LogP contribution is -2.24. The van der Waals surface area contributed by atoms with Crippen molar-refractivity contribution >= 4 is 10.0 Å². The first-order chi connectivity index (χ1) is 9.83. The number of nitrogens with one attached hydrogen (secondary N) is 1. The first kappa shape index (κ1) is 15.6. The summed E-state index contributed by atoms with van der Waals surface area (Å²) in [6, 6.07) is 4.25. The highest BCUT2D eigenvalue weighted by atomic mass is 32.2. The molecule has 1 heterocycles. The van der Waals surface area contributed by atoms with E-state index in [1.807, 2.05) is 0 Å². The van der Waals surface area contributed by atoms with Crippen molar-refractivity contribution in [2.24, 2.45) is 12.8 Å². The molecular formula is C13H17FN4O2S. The largest absolute Gasteiger partial charge is 0.326 e. The van der Waals surface area contributed by atoms with Crippen molar-refractivity contribution < 1.29 is 12.8 Å². The van der Waals surface area contributed by atoms with E-state index in [4.69, 9.17) is 5.73 Å². The molecule has 0 bridgehead atoms. The van der Waals surface area contributed by atoms with E-state index in [0.717, 1.165) is 0 Å². The van der Waals surface area contributed by atoms with Crippen LogP contribution in [0.2, 0.25) is 0 Å². The maximum absolute atomic E-state index is 13.7. The summed E-state index contributed by atoms with van der Waals surface area (Å²) in [4.78, 5) is -0.00205. The Bertz CT molecular complexity index is 756. The molecule has 21 heavy (non-hydrogen) atoms. The number of halogens is 1. The molecule has 0 saturated heterocycles. The molecule has 2 rings (SSSR count). The molecule has 1 aromatic carbocycles. The van der Waals surface area contributed by atoms with Crippen molar-refractivity contribution in [1.29, 1.82) is 0 Å². The van der Waals surface area contributed by atoms with E-state index in [9.17, 15) is 12.8 Å². The third kappa shape index (κ3) is 3.46. The van der Waals surface area contributed by atoms with E-state index in [1.165, 1.54) is 19.1 Å². The number of nitrogens with zero attached hydrogens (tertiary/aromatic N) is 2. The lowest BCUT2D eigenvalue weighted by Gasteiger charge is -2.10. The Labute approximate surface area is 122 Å². The van der Waals surface area contributed by atoms with Crippen LogP contribution in [0.15, 0.2) is 29.3 Å². The highest BCUT2D eigenvalue weighted by molar-refractivity contribution is 7.89. The second-order valence-corrected chi connectivity index (χ2v) is 6.49. The monoisotopic (exact) mass is 312 g/mol. The Hall–Kier alpha value is -1.77. The highest BCUT2D eigenvalue weighted by Crippen LogP contribution is 2.19. The summed E-state index contributed by atoms with van der Waals surface area (Å²) < 4.78 is 42.2. The molecule has 0 aliphatic carbocycles. The lowest BCUT2D eigenvalue weighted by atomic mass is 10.1. The van der Waals surface area contributed by atoms with Gasteiger partial charge in [0.05, 0.1) is 17.1 Å². The molecule has 0 radical (unpaired) electrons. The Morgan fingerprint density at radius 1 is 1.43 bits per heavy atom. The van der Waals surface area contributed by atoms with Crippen LogP contribution in [0.1, 0.15) is 16.8 Å². The first-order valence-corrected chi connectivity index (χ1v) is 7.79. The number of rotatable bonds is 5. The second-order valence-electron chi connectivity index (χ2n) is 4.72. The van der Waals surface area contributed by atoms with Gasteiger partial charge in [0.15, 0.2) is 0 Å². The van der Waals surface area contributed by atoms with Gasteiger partial charge < -0.3 is 5.73 Å². The van der Waals surface area contributed by atoms with Gasteiger partial charge in [-0.25, -0.2) is 17.5 Å². The van der Waals surface area contributed by atoms with Crippen molar-refractivity contribution in [3.63, 3.8) is 0 Å². The van der Waals surface area contributed by atoms with Crippen molar-refractivity contribution in [2.45, 2.75) is 24.9 Å². The van der Waals surface area contributed by atoms with Gasteiger partial charge in [0.2, 0.25) is 10.0 Å². The molecule has 0 aliphatic rings. The van der Waals surface area contributed by atoms with Gasteiger partial charge in [-0.3, -0.25) is 4.68 Å². The molecule has 2 aromatic rings. The summed E-state index contributed by atoms with van der Waals surface area (Å²) in [6.07, 6.45) is 1.72. The van der Waals surface area contributed by atoms with E-state index in [1.54, 1.807) is 24.0 Å². The zero-order valence-corrected chi connectivity index (χ0v) is 12.6. The van der Waals surface area contributed by atoms with Crippen LogP contribution in [-0.4, -0.2) is 18.2 Å². The molecule has 6 nitrogen and oxygen atoms in total. The number of sulfonamides is 1. The summed E-state index contributed by atoms with van der Waals surface area (Å²) in [5.74, 6) is -0.471. The molecule has 0 fully saturated rings. The number of nitrogens with two attached hydrogens (primary N) is 1. The number of benzene rings is 1. The van der Waals surface area contributed by atoms with Crippen molar-refractivity contribution in [2.75, 3.05) is 0 Å². The van der Waals surface area contributed by atoms with Crippen molar-refractivity contribution in [3.8, 4) is 0 Å². The minimum Gasteiger partial charge on any atom is -0.326 e. The van der Waals surface area contributed by atoms with Crippen molar-refractivity contribution in [1.82, 2.24) is 14.5 Å². The molecule has 0 atom stereocenters. The zero-order chi connectivity index (χ0) is 15.6. The highest BCUT2D eigenvalue weighted by Gasteiger charge is 2.18. The predicted molar refractivity (Wildman–Crippen MR) is 76.3 cm³/mol. The molecule has 0 spiro atoms. The van der Waals surface area contributed by atoms with Gasteiger partial charge in [0.25, 0.3) is 0 Å². The van der Waals surface area contributed by atoms with E-state index < -0.39 is 15.8 Å². The minimum atomic E-state index is -3.74. The Kier molecular flexibility index (Phi) is 4.40. The smallest absolute Gasteiger partial charge is 0.240 e. The first-order valence-electron chi connectivity index (χ1n) is 6.31. The number of aryl methyl sites for hydroxylation is 2. The van der Waals surface area contributed by atoms with Gasteiger partial charge in [0.1, 0.15) is 5.82 Å². The molecule has 114 valence electrons. The Balaban J connectivity index is 2.25. The molecule has 8 heteroatoms. The van der Waals surface area contributed by atoms with Crippen LogP contribution in [0.25, 0.3) is 0 Å². The number of hydrogen-bond donors (Lipinski definition) is 2. The maximum atomic E-state index is 13.7. The van der Waals surface area contributed by atoms with Crippen molar-refractivity contribution in [3.05, 3.63) is 47.0 Å². The number of aromatic nitrogens is 2. The van der Waals surface area contributed by atoms with E-state index in [-0.39, 0.29) is 29.1 Å². The summed E-state index contributed by atoms with van der Waals surface area (Å²) >= 11 is 0. The van der Waals surface area contributed by atoms with E-state index in [2.05, 4.69) is 9.82 Å². The third-order valence-corrected chi connectivity index (χ3v) is 4.43. The van der Waals surface area contributed by atoms with Crippen LogP contribution < -0.4 is 10.5 Å². The van der Waals surface area contributed by atoms with E-state index >= 15 is 0 Å². The summed E-state index contributed by atoms with van der Waals surface area (Å²) in [5.41, 5.74) is 6.45. The van der Waals surface area contributed by atoms with Gasteiger partial charge >= 0.3 is 0 Å². The van der Waals surface area contributed by atoms with E-state index in [0.29, 0.717) is 5.69 Å². The molecule has 0 unspecified atom stereocenters. The predicted octanol–water partition coefficient (Wildman–Crippen LogP) is 0.805. The van der Waals surface area contributed by atoms with Crippen LogP contribution in [0.5, 0.6) is 0 Å². The summed E-state index contributed by atoms with van der Waals surface area (Å²) in [5, 5.41) is 4.08. The average molecular weight is 312 g/mol. The Morgan fingerprint density at radius 2 is 2.14 bits per heavy atom. The quantitative estimate of drug-likeness (QED) is 0.854. The van der Waals surface area contributed by atoms with Crippen LogP contribution >= 0.6 is 0 Å². The van der Waals surface area contributed by atoms with Crippen LogP contribution in [0.3, 0.4) is 0 Å². The molecule has 0 saturated carbocycles.